The Balaban J connectivity index is 2.41. The van der Waals surface area contributed by atoms with Crippen LogP contribution in [0.3, 0.4) is 0 Å². The fourth-order valence-electron chi connectivity index (χ4n) is 1.93. The van der Waals surface area contributed by atoms with Crippen molar-refractivity contribution in [3.63, 3.8) is 0 Å². The molecule has 1 aromatic heterocycles. The zero-order valence-corrected chi connectivity index (χ0v) is 10.9. The lowest BCUT2D eigenvalue weighted by atomic mass is 9.98. The van der Waals surface area contributed by atoms with E-state index in [1.54, 1.807) is 13.8 Å². The van der Waals surface area contributed by atoms with Gasteiger partial charge in [0.1, 0.15) is 5.82 Å². The first-order valence-electron chi connectivity index (χ1n) is 6.08. The predicted molar refractivity (Wildman–Crippen MR) is 69.9 cm³/mol. The van der Waals surface area contributed by atoms with Gasteiger partial charge in [0.2, 0.25) is 0 Å². The summed E-state index contributed by atoms with van der Waals surface area (Å²) >= 11 is 0. The van der Waals surface area contributed by atoms with Gasteiger partial charge in [0.15, 0.2) is 0 Å². The van der Waals surface area contributed by atoms with Crippen molar-refractivity contribution in [2.75, 3.05) is 0 Å². The van der Waals surface area contributed by atoms with E-state index in [1.165, 1.54) is 0 Å². The third-order valence-corrected chi connectivity index (χ3v) is 2.84. The highest BCUT2D eigenvalue weighted by atomic mass is 16.3. The number of nitrogens with one attached hydrogen (secondary N) is 1. The molecule has 3 heteroatoms. The minimum atomic E-state index is -0.808. The van der Waals surface area contributed by atoms with Crippen LogP contribution in [0.4, 0.5) is 0 Å². The molecule has 0 spiro atoms. The van der Waals surface area contributed by atoms with Crippen LogP contribution in [-0.2, 0) is 12.0 Å². The SMILES string of the molecule is CC(C)Cc1nc2ccc(C(C)(C)O)cc2[nH]1. The number of benzene rings is 1. The van der Waals surface area contributed by atoms with Crippen molar-refractivity contribution in [1.82, 2.24) is 9.97 Å². The van der Waals surface area contributed by atoms with Gasteiger partial charge in [-0.3, -0.25) is 0 Å². The van der Waals surface area contributed by atoms with E-state index >= 15 is 0 Å². The quantitative estimate of drug-likeness (QED) is 0.854. The van der Waals surface area contributed by atoms with Crippen LogP contribution in [-0.4, -0.2) is 15.1 Å². The number of hydrogen-bond acceptors (Lipinski definition) is 2. The van der Waals surface area contributed by atoms with Crippen LogP contribution in [0.2, 0.25) is 0 Å². The van der Waals surface area contributed by atoms with Crippen LogP contribution in [0.1, 0.15) is 39.1 Å². The van der Waals surface area contributed by atoms with E-state index in [4.69, 9.17) is 0 Å². The first kappa shape index (κ1) is 12.1. The monoisotopic (exact) mass is 232 g/mol. The second kappa shape index (κ2) is 4.15. The molecule has 0 aliphatic heterocycles. The summed E-state index contributed by atoms with van der Waals surface area (Å²) in [6.45, 7) is 7.93. The fraction of sp³-hybridized carbons (Fsp3) is 0.500. The molecule has 0 aliphatic rings. The molecule has 1 heterocycles. The molecule has 0 fully saturated rings. The fourth-order valence-corrected chi connectivity index (χ4v) is 1.93. The average Bonchev–Trinajstić information content (AvgIpc) is 2.55. The molecular weight excluding hydrogens is 212 g/mol. The third kappa shape index (κ3) is 2.67. The largest absolute Gasteiger partial charge is 0.386 e. The van der Waals surface area contributed by atoms with Crippen molar-refractivity contribution >= 4 is 11.0 Å². The molecule has 2 rings (SSSR count). The zero-order valence-electron chi connectivity index (χ0n) is 10.9. The molecule has 0 amide bonds. The number of aromatic amines is 1. The molecule has 0 unspecified atom stereocenters. The van der Waals surface area contributed by atoms with E-state index in [-0.39, 0.29) is 0 Å². The molecule has 2 N–H and O–H groups in total. The number of fused-ring (bicyclic) bond motifs is 1. The molecule has 0 saturated heterocycles. The summed E-state index contributed by atoms with van der Waals surface area (Å²) in [5.41, 5.74) is 2.07. The zero-order chi connectivity index (χ0) is 12.6. The van der Waals surface area contributed by atoms with Crippen molar-refractivity contribution in [2.24, 2.45) is 5.92 Å². The topological polar surface area (TPSA) is 48.9 Å². The van der Waals surface area contributed by atoms with E-state index in [0.717, 1.165) is 28.8 Å². The third-order valence-electron chi connectivity index (χ3n) is 2.84. The maximum atomic E-state index is 9.97. The van der Waals surface area contributed by atoms with E-state index in [2.05, 4.69) is 23.8 Å². The molecule has 0 aliphatic carbocycles. The van der Waals surface area contributed by atoms with Gasteiger partial charge < -0.3 is 10.1 Å². The summed E-state index contributed by atoms with van der Waals surface area (Å²) < 4.78 is 0. The van der Waals surface area contributed by atoms with E-state index in [9.17, 15) is 5.11 Å². The number of rotatable bonds is 3. The van der Waals surface area contributed by atoms with Crippen LogP contribution in [0, 0.1) is 5.92 Å². The summed E-state index contributed by atoms with van der Waals surface area (Å²) in [7, 11) is 0. The molecule has 2 aromatic rings. The lowest BCUT2D eigenvalue weighted by Crippen LogP contribution is -2.14. The molecular formula is C14H20N2O. The summed E-state index contributed by atoms with van der Waals surface area (Å²) in [6.07, 6.45) is 0.951. The number of H-pyrrole nitrogens is 1. The molecule has 0 atom stereocenters. The van der Waals surface area contributed by atoms with Crippen molar-refractivity contribution < 1.29 is 5.11 Å². The van der Waals surface area contributed by atoms with Crippen molar-refractivity contribution in [3.05, 3.63) is 29.6 Å². The summed E-state index contributed by atoms with van der Waals surface area (Å²) in [4.78, 5) is 7.86. The van der Waals surface area contributed by atoms with E-state index in [0.29, 0.717) is 5.92 Å². The van der Waals surface area contributed by atoms with Crippen molar-refractivity contribution in [3.8, 4) is 0 Å². The van der Waals surface area contributed by atoms with Gasteiger partial charge >= 0.3 is 0 Å². The summed E-state index contributed by atoms with van der Waals surface area (Å²) in [5.74, 6) is 1.60. The molecule has 0 bridgehead atoms. The Morgan fingerprint density at radius 1 is 1.35 bits per heavy atom. The number of nitrogens with zero attached hydrogens (tertiary/aromatic N) is 1. The molecule has 0 radical (unpaired) electrons. The number of imidazole rings is 1. The second-order valence-corrected chi connectivity index (χ2v) is 5.57. The lowest BCUT2D eigenvalue weighted by molar-refractivity contribution is 0.0787. The first-order chi connectivity index (χ1) is 7.86. The van der Waals surface area contributed by atoms with Gasteiger partial charge in [0.05, 0.1) is 16.6 Å². The van der Waals surface area contributed by atoms with Gasteiger partial charge in [-0.2, -0.15) is 0 Å². The average molecular weight is 232 g/mol. The first-order valence-corrected chi connectivity index (χ1v) is 6.08. The van der Waals surface area contributed by atoms with Gasteiger partial charge in [0.25, 0.3) is 0 Å². The number of aromatic nitrogens is 2. The van der Waals surface area contributed by atoms with Gasteiger partial charge in [0, 0.05) is 6.42 Å². The lowest BCUT2D eigenvalue weighted by Gasteiger charge is -2.17. The Morgan fingerprint density at radius 2 is 2.06 bits per heavy atom. The minimum Gasteiger partial charge on any atom is -0.386 e. The summed E-state index contributed by atoms with van der Waals surface area (Å²) in [5, 5.41) is 9.97. The van der Waals surface area contributed by atoms with Crippen LogP contribution in [0.25, 0.3) is 11.0 Å². The van der Waals surface area contributed by atoms with Crippen LogP contribution < -0.4 is 0 Å². The molecule has 0 saturated carbocycles. The number of hydrogen-bond donors (Lipinski definition) is 2. The standard InChI is InChI=1S/C14H20N2O/c1-9(2)7-13-15-11-6-5-10(14(3,4)17)8-12(11)16-13/h5-6,8-9,17H,7H2,1-4H3,(H,15,16). The molecule has 3 nitrogen and oxygen atoms in total. The van der Waals surface area contributed by atoms with Gasteiger partial charge in [-0.25, -0.2) is 4.98 Å². The highest BCUT2D eigenvalue weighted by molar-refractivity contribution is 5.76. The van der Waals surface area contributed by atoms with E-state index < -0.39 is 5.60 Å². The summed E-state index contributed by atoms with van der Waals surface area (Å²) in [6, 6.07) is 5.87. The predicted octanol–water partition coefficient (Wildman–Crippen LogP) is 2.99. The Bertz CT molecular complexity index is 520. The van der Waals surface area contributed by atoms with Crippen molar-refractivity contribution in [1.29, 1.82) is 0 Å². The minimum absolute atomic E-state index is 0.587. The maximum absolute atomic E-state index is 9.97. The Kier molecular flexibility index (Phi) is 2.96. The Morgan fingerprint density at radius 3 is 2.65 bits per heavy atom. The van der Waals surface area contributed by atoms with Gasteiger partial charge in [-0.15, -0.1) is 0 Å². The van der Waals surface area contributed by atoms with E-state index in [1.807, 2.05) is 18.2 Å². The Hall–Kier alpha value is -1.35. The second-order valence-electron chi connectivity index (χ2n) is 5.57. The van der Waals surface area contributed by atoms with Gasteiger partial charge in [-0.05, 0) is 37.5 Å². The van der Waals surface area contributed by atoms with Crippen molar-refractivity contribution in [2.45, 2.75) is 39.7 Å². The molecule has 92 valence electrons. The highest BCUT2D eigenvalue weighted by Crippen LogP contribution is 2.23. The van der Waals surface area contributed by atoms with Gasteiger partial charge in [-0.1, -0.05) is 19.9 Å². The normalized spacial score (nSPS) is 12.6. The molecule has 17 heavy (non-hydrogen) atoms. The van der Waals surface area contributed by atoms with Crippen LogP contribution >= 0.6 is 0 Å². The van der Waals surface area contributed by atoms with Crippen LogP contribution in [0.15, 0.2) is 18.2 Å². The smallest absolute Gasteiger partial charge is 0.107 e. The highest BCUT2D eigenvalue weighted by Gasteiger charge is 2.16. The molecule has 1 aromatic carbocycles. The van der Waals surface area contributed by atoms with Crippen LogP contribution in [0.5, 0.6) is 0 Å². The Labute approximate surface area is 102 Å². The maximum Gasteiger partial charge on any atom is 0.107 e. The number of aliphatic hydroxyl groups is 1.